The van der Waals surface area contributed by atoms with Crippen molar-refractivity contribution in [1.82, 2.24) is 0 Å². The van der Waals surface area contributed by atoms with Gasteiger partial charge in [-0.25, -0.2) is 0 Å². The molecule has 162 valence electrons. The Morgan fingerprint density at radius 3 is 2.00 bits per heavy atom. The summed E-state index contributed by atoms with van der Waals surface area (Å²) in [6.45, 7) is 19.1. The molecule has 2 atom stereocenters. The molecule has 1 aromatic rings. The summed E-state index contributed by atoms with van der Waals surface area (Å²) in [6.07, 6.45) is 16.7. The molecule has 0 spiro atoms. The molecule has 0 aromatic heterocycles. The van der Waals surface area contributed by atoms with Crippen molar-refractivity contribution in [1.29, 1.82) is 0 Å². The normalized spacial score (nSPS) is 31.2. The first-order valence-corrected chi connectivity index (χ1v) is 12.1. The fraction of sp³-hybridized carbons (Fsp3) is 0.586. The van der Waals surface area contributed by atoms with Crippen molar-refractivity contribution >= 4 is 0 Å². The molecule has 2 aliphatic carbocycles. The summed E-state index contributed by atoms with van der Waals surface area (Å²) in [6, 6.07) is 11.3. The Kier molecular flexibility index (Phi) is 10.7. The van der Waals surface area contributed by atoms with Crippen molar-refractivity contribution in [2.45, 2.75) is 92.4 Å². The van der Waals surface area contributed by atoms with Crippen LogP contribution in [0.25, 0.3) is 0 Å². The van der Waals surface area contributed by atoms with Crippen LogP contribution in [0.15, 0.2) is 66.8 Å². The minimum Gasteiger partial charge on any atom is -0.0988 e. The van der Waals surface area contributed by atoms with E-state index in [0.717, 1.165) is 11.8 Å². The van der Waals surface area contributed by atoms with Gasteiger partial charge in [0.15, 0.2) is 0 Å². The van der Waals surface area contributed by atoms with Gasteiger partial charge in [0.25, 0.3) is 0 Å². The lowest BCUT2D eigenvalue weighted by atomic mass is 9.52. The van der Waals surface area contributed by atoms with E-state index in [2.05, 4.69) is 82.0 Å². The minimum absolute atomic E-state index is 0.297. The Bertz CT molecular complexity index is 632. The summed E-state index contributed by atoms with van der Waals surface area (Å²) in [7, 11) is 0. The third-order valence-electron chi connectivity index (χ3n) is 6.95. The van der Waals surface area contributed by atoms with Crippen LogP contribution in [-0.2, 0) is 5.41 Å². The molecule has 2 unspecified atom stereocenters. The molecule has 0 radical (unpaired) electrons. The van der Waals surface area contributed by atoms with E-state index in [0.29, 0.717) is 10.8 Å². The number of allylic oxidation sites excluding steroid dienone is 5. The lowest BCUT2D eigenvalue weighted by molar-refractivity contribution is 0.0457. The highest BCUT2D eigenvalue weighted by Crippen LogP contribution is 2.58. The summed E-state index contributed by atoms with van der Waals surface area (Å²) in [4.78, 5) is 0. The Morgan fingerprint density at radius 2 is 1.55 bits per heavy atom. The van der Waals surface area contributed by atoms with Crippen LogP contribution in [0.2, 0.25) is 0 Å². The van der Waals surface area contributed by atoms with E-state index in [1.54, 1.807) is 5.56 Å². The maximum atomic E-state index is 4.12. The fourth-order valence-electron chi connectivity index (χ4n) is 5.97. The number of fused-ring (bicyclic) bond motifs is 2. The van der Waals surface area contributed by atoms with Gasteiger partial charge >= 0.3 is 0 Å². The van der Waals surface area contributed by atoms with Gasteiger partial charge in [-0.05, 0) is 79.3 Å². The third-order valence-corrected chi connectivity index (χ3v) is 6.95. The maximum absolute atomic E-state index is 4.12. The zero-order chi connectivity index (χ0) is 21.9. The highest BCUT2D eigenvalue weighted by atomic mass is 14.5. The van der Waals surface area contributed by atoms with Crippen LogP contribution in [0, 0.1) is 17.3 Å². The van der Waals surface area contributed by atoms with E-state index in [1.807, 2.05) is 27.7 Å². The van der Waals surface area contributed by atoms with Gasteiger partial charge in [-0.15, -0.1) is 0 Å². The second kappa shape index (κ2) is 12.2. The number of hydrogen-bond acceptors (Lipinski definition) is 0. The average Bonchev–Trinajstić information content (AvgIpc) is 2.76. The van der Waals surface area contributed by atoms with Crippen LogP contribution in [0.5, 0.6) is 0 Å². The van der Waals surface area contributed by atoms with Crippen molar-refractivity contribution in [3.05, 3.63) is 72.4 Å². The van der Waals surface area contributed by atoms with E-state index in [1.165, 1.54) is 44.1 Å². The van der Waals surface area contributed by atoms with Crippen LogP contribution in [-0.4, -0.2) is 0 Å². The zero-order valence-corrected chi connectivity index (χ0v) is 20.3. The summed E-state index contributed by atoms with van der Waals surface area (Å²) in [5.74, 6) is 1.68. The van der Waals surface area contributed by atoms with Crippen molar-refractivity contribution < 1.29 is 0 Å². The van der Waals surface area contributed by atoms with E-state index >= 15 is 0 Å². The molecule has 0 N–H and O–H groups in total. The molecule has 2 bridgehead atoms. The summed E-state index contributed by atoms with van der Waals surface area (Å²) < 4.78 is 0. The van der Waals surface area contributed by atoms with Crippen molar-refractivity contribution in [2.24, 2.45) is 17.3 Å². The van der Waals surface area contributed by atoms with E-state index in [4.69, 9.17) is 0 Å². The fourth-order valence-corrected chi connectivity index (χ4v) is 5.97. The second-order valence-electron chi connectivity index (χ2n) is 8.70. The van der Waals surface area contributed by atoms with E-state index in [-0.39, 0.29) is 0 Å². The van der Waals surface area contributed by atoms with Crippen LogP contribution in [0.4, 0.5) is 0 Å². The van der Waals surface area contributed by atoms with Gasteiger partial charge in [0.2, 0.25) is 0 Å². The van der Waals surface area contributed by atoms with Crippen molar-refractivity contribution in [3.8, 4) is 0 Å². The largest absolute Gasteiger partial charge is 0.0988 e. The molecule has 0 heteroatoms. The lowest BCUT2D eigenvalue weighted by Gasteiger charge is -2.53. The lowest BCUT2D eigenvalue weighted by Crippen LogP contribution is -2.44. The molecule has 29 heavy (non-hydrogen) atoms. The number of benzene rings is 1. The summed E-state index contributed by atoms with van der Waals surface area (Å²) in [5, 5.41) is 0. The van der Waals surface area contributed by atoms with Gasteiger partial charge in [-0.1, -0.05) is 103 Å². The van der Waals surface area contributed by atoms with Gasteiger partial charge in [-0.2, -0.15) is 0 Å². The molecule has 0 amide bonds. The maximum Gasteiger partial charge on any atom is -0.00443 e. The van der Waals surface area contributed by atoms with E-state index in [9.17, 15) is 0 Å². The van der Waals surface area contributed by atoms with Crippen LogP contribution in [0.1, 0.15) is 92.6 Å². The smallest absolute Gasteiger partial charge is 0.00443 e. The van der Waals surface area contributed by atoms with Crippen molar-refractivity contribution in [3.63, 3.8) is 0 Å². The molecule has 3 rings (SSSR count). The van der Waals surface area contributed by atoms with E-state index < -0.39 is 0 Å². The topological polar surface area (TPSA) is 0 Å². The SMILES string of the molecule is C=C/C(=C\C=C/C)C1(C)CC2CC(C1)CC(CC)(c1ccccc1)C2.CC.CC. The summed E-state index contributed by atoms with van der Waals surface area (Å²) >= 11 is 0. The summed E-state index contributed by atoms with van der Waals surface area (Å²) in [5.41, 5.74) is 3.71. The molecular weight excluding hydrogens is 348 g/mol. The monoisotopic (exact) mass is 394 g/mol. The number of hydrogen-bond donors (Lipinski definition) is 0. The number of rotatable bonds is 5. The Balaban J connectivity index is 0.000000989. The Morgan fingerprint density at radius 1 is 1.00 bits per heavy atom. The van der Waals surface area contributed by atoms with Crippen LogP contribution >= 0.6 is 0 Å². The molecule has 0 saturated heterocycles. The Hall–Kier alpha value is -1.56. The molecule has 0 heterocycles. The van der Waals surface area contributed by atoms with Crippen molar-refractivity contribution in [2.75, 3.05) is 0 Å². The standard InChI is InChI=1S/C25H34.2C2H6/c1-5-8-12-22(6-2)24(4)16-20-15-21(17-24)19-25(7-3,18-20)23-13-10-9-11-14-23;2*1-2/h5-6,8-14,20-21H,2,7,15-19H2,1,3-4H3;2*1-2H3/b8-5-,22-12+;;. The first-order chi connectivity index (χ1) is 14.0. The van der Waals surface area contributed by atoms with Gasteiger partial charge in [-0.3, -0.25) is 0 Å². The van der Waals surface area contributed by atoms with Gasteiger partial charge in [0.05, 0.1) is 0 Å². The quantitative estimate of drug-likeness (QED) is 0.436. The molecule has 0 nitrogen and oxygen atoms in total. The molecule has 2 saturated carbocycles. The predicted octanol–water partition coefficient (Wildman–Crippen LogP) is 9.29. The van der Waals surface area contributed by atoms with Gasteiger partial charge < -0.3 is 0 Å². The highest BCUT2D eigenvalue weighted by Gasteiger charge is 2.48. The third kappa shape index (κ3) is 5.97. The molecule has 1 aromatic carbocycles. The average molecular weight is 395 g/mol. The molecular formula is C29H46. The van der Waals surface area contributed by atoms with Gasteiger partial charge in [0.1, 0.15) is 0 Å². The molecule has 2 aliphatic rings. The van der Waals surface area contributed by atoms with Gasteiger partial charge in [0, 0.05) is 0 Å². The molecule has 0 aliphatic heterocycles. The van der Waals surface area contributed by atoms with Crippen LogP contribution < -0.4 is 0 Å². The van der Waals surface area contributed by atoms with Crippen LogP contribution in [0.3, 0.4) is 0 Å². The molecule has 2 fully saturated rings. The minimum atomic E-state index is 0.297. The second-order valence-corrected chi connectivity index (χ2v) is 8.70. The first-order valence-electron chi connectivity index (χ1n) is 12.1. The highest BCUT2D eigenvalue weighted by molar-refractivity contribution is 5.32. The first kappa shape index (κ1) is 25.5. The predicted molar refractivity (Wildman–Crippen MR) is 132 cm³/mol. The zero-order valence-electron chi connectivity index (χ0n) is 20.3. The Labute approximate surface area is 182 Å².